The van der Waals surface area contributed by atoms with E-state index in [2.05, 4.69) is 10.4 Å². The van der Waals surface area contributed by atoms with Gasteiger partial charge in [0.05, 0.1) is 11.4 Å². The summed E-state index contributed by atoms with van der Waals surface area (Å²) in [5.41, 5.74) is 3.54. The van der Waals surface area contributed by atoms with Gasteiger partial charge < -0.3 is 10.1 Å². The molecule has 2 rings (SSSR count). The van der Waals surface area contributed by atoms with Crippen molar-refractivity contribution in [1.82, 2.24) is 15.1 Å². The number of aryl methyl sites for hydroxylation is 1. The van der Waals surface area contributed by atoms with E-state index in [-0.39, 0.29) is 18.6 Å². The number of benzene rings is 1. The van der Waals surface area contributed by atoms with Crippen LogP contribution in [0.5, 0.6) is 0 Å². The molecule has 0 saturated carbocycles. The first-order valence-corrected chi connectivity index (χ1v) is 9.05. The summed E-state index contributed by atoms with van der Waals surface area (Å²) < 4.78 is 6.85. The normalized spacial score (nSPS) is 12.4. The number of esters is 1. The third-order valence-electron chi connectivity index (χ3n) is 4.47. The van der Waals surface area contributed by atoms with E-state index in [1.807, 2.05) is 69.6 Å². The van der Waals surface area contributed by atoms with E-state index in [0.717, 1.165) is 22.6 Å². The lowest BCUT2D eigenvalue weighted by Gasteiger charge is -2.16. The van der Waals surface area contributed by atoms with E-state index in [1.165, 1.54) is 6.08 Å². The first-order chi connectivity index (χ1) is 12.8. The van der Waals surface area contributed by atoms with E-state index in [4.69, 9.17) is 4.74 Å². The van der Waals surface area contributed by atoms with Crippen molar-refractivity contribution >= 4 is 18.0 Å². The third kappa shape index (κ3) is 5.54. The van der Waals surface area contributed by atoms with Crippen LogP contribution in [-0.2, 0) is 14.3 Å². The monoisotopic (exact) mass is 369 g/mol. The Morgan fingerprint density at radius 2 is 1.85 bits per heavy atom. The number of amides is 1. The van der Waals surface area contributed by atoms with Gasteiger partial charge in [-0.1, -0.05) is 32.0 Å². The Bertz CT molecular complexity index is 823. The Kier molecular flexibility index (Phi) is 6.93. The zero-order chi connectivity index (χ0) is 20.0. The molecule has 0 aliphatic heterocycles. The predicted molar refractivity (Wildman–Crippen MR) is 105 cm³/mol. The van der Waals surface area contributed by atoms with Gasteiger partial charge in [0.25, 0.3) is 5.91 Å². The molecule has 144 valence electrons. The van der Waals surface area contributed by atoms with Gasteiger partial charge in [0.2, 0.25) is 0 Å². The summed E-state index contributed by atoms with van der Waals surface area (Å²) in [4.78, 5) is 23.7. The van der Waals surface area contributed by atoms with Crippen molar-refractivity contribution in [2.24, 2.45) is 5.92 Å². The highest BCUT2D eigenvalue weighted by atomic mass is 16.5. The fourth-order valence-electron chi connectivity index (χ4n) is 2.51. The van der Waals surface area contributed by atoms with Gasteiger partial charge in [-0.05, 0) is 44.9 Å². The maximum atomic E-state index is 11.9. The highest BCUT2D eigenvalue weighted by Crippen LogP contribution is 2.19. The number of nitrogens with zero attached hydrogens (tertiary/aromatic N) is 2. The van der Waals surface area contributed by atoms with Crippen LogP contribution in [0.1, 0.15) is 37.7 Å². The molecule has 1 unspecified atom stereocenters. The summed E-state index contributed by atoms with van der Waals surface area (Å²) in [7, 11) is 0. The topological polar surface area (TPSA) is 73.2 Å². The zero-order valence-corrected chi connectivity index (χ0v) is 16.5. The molecule has 0 bridgehead atoms. The lowest BCUT2D eigenvalue weighted by Crippen LogP contribution is -2.38. The molecule has 1 N–H and O–H groups in total. The number of ether oxygens (including phenoxy) is 1. The Morgan fingerprint density at radius 3 is 2.48 bits per heavy atom. The van der Waals surface area contributed by atoms with Gasteiger partial charge in [-0.3, -0.25) is 4.79 Å². The number of nitrogens with one attached hydrogen (secondary N) is 1. The van der Waals surface area contributed by atoms with E-state index >= 15 is 0 Å². The Labute approximate surface area is 160 Å². The molecule has 1 aromatic carbocycles. The van der Waals surface area contributed by atoms with Crippen molar-refractivity contribution in [3.8, 4) is 5.69 Å². The van der Waals surface area contributed by atoms with E-state index < -0.39 is 5.97 Å². The third-order valence-corrected chi connectivity index (χ3v) is 4.47. The van der Waals surface area contributed by atoms with Gasteiger partial charge in [0, 0.05) is 23.4 Å². The molecular weight excluding hydrogens is 342 g/mol. The summed E-state index contributed by atoms with van der Waals surface area (Å²) in [6.07, 6.45) is 3.00. The maximum absolute atomic E-state index is 11.9. The molecule has 0 aliphatic carbocycles. The van der Waals surface area contributed by atoms with Gasteiger partial charge in [0.1, 0.15) is 0 Å². The van der Waals surface area contributed by atoms with Crippen LogP contribution >= 0.6 is 0 Å². The maximum Gasteiger partial charge on any atom is 0.331 e. The van der Waals surface area contributed by atoms with Crippen molar-refractivity contribution < 1.29 is 14.3 Å². The molecule has 0 radical (unpaired) electrons. The number of carbonyl (C=O) groups excluding carboxylic acids is 2. The summed E-state index contributed by atoms with van der Waals surface area (Å²) in [5.74, 6) is -0.549. The number of para-hydroxylation sites is 1. The van der Waals surface area contributed by atoms with Crippen molar-refractivity contribution in [3.05, 3.63) is 53.4 Å². The van der Waals surface area contributed by atoms with Crippen LogP contribution in [0.3, 0.4) is 0 Å². The molecule has 6 heteroatoms. The van der Waals surface area contributed by atoms with E-state index in [1.54, 1.807) is 6.08 Å². The summed E-state index contributed by atoms with van der Waals surface area (Å²) >= 11 is 0. The minimum atomic E-state index is -0.561. The SMILES string of the molecule is Cc1nn(-c2ccccc2)c(C)c1/C=C/C(=O)OCC(=O)NC(C)C(C)C. The minimum absolute atomic E-state index is 0.0286. The van der Waals surface area contributed by atoms with E-state index in [9.17, 15) is 9.59 Å². The fraction of sp³-hybridized carbons (Fsp3) is 0.381. The van der Waals surface area contributed by atoms with Crippen LogP contribution in [0.15, 0.2) is 36.4 Å². The molecular formula is C21H27N3O3. The fourth-order valence-corrected chi connectivity index (χ4v) is 2.51. The summed E-state index contributed by atoms with van der Waals surface area (Å²) in [6.45, 7) is 9.48. The van der Waals surface area contributed by atoms with Gasteiger partial charge in [0.15, 0.2) is 6.61 Å². The molecule has 1 amide bonds. The van der Waals surface area contributed by atoms with Crippen molar-refractivity contribution in [2.75, 3.05) is 6.61 Å². The van der Waals surface area contributed by atoms with Crippen LogP contribution in [0.4, 0.5) is 0 Å². The minimum Gasteiger partial charge on any atom is -0.452 e. The Morgan fingerprint density at radius 1 is 1.19 bits per heavy atom. The van der Waals surface area contributed by atoms with Gasteiger partial charge in [-0.15, -0.1) is 0 Å². The zero-order valence-electron chi connectivity index (χ0n) is 16.5. The number of carbonyl (C=O) groups is 2. The predicted octanol–water partition coefficient (Wildman–Crippen LogP) is 3.21. The second-order valence-corrected chi connectivity index (χ2v) is 6.87. The Hall–Kier alpha value is -2.89. The molecule has 0 aliphatic rings. The summed E-state index contributed by atoms with van der Waals surface area (Å²) in [6, 6.07) is 9.81. The quantitative estimate of drug-likeness (QED) is 0.601. The van der Waals surface area contributed by atoms with Gasteiger partial charge in [-0.25, -0.2) is 9.48 Å². The Balaban J connectivity index is 1.99. The van der Waals surface area contributed by atoms with Crippen LogP contribution in [-0.4, -0.2) is 34.3 Å². The molecule has 1 atom stereocenters. The average molecular weight is 369 g/mol. The average Bonchev–Trinajstić information content (AvgIpc) is 2.92. The largest absolute Gasteiger partial charge is 0.452 e. The molecule has 6 nitrogen and oxygen atoms in total. The highest BCUT2D eigenvalue weighted by molar-refractivity contribution is 5.89. The van der Waals surface area contributed by atoms with Crippen molar-refractivity contribution in [2.45, 2.75) is 40.7 Å². The molecule has 0 saturated heterocycles. The van der Waals surface area contributed by atoms with E-state index in [0.29, 0.717) is 5.92 Å². The molecule has 1 heterocycles. The summed E-state index contributed by atoms with van der Waals surface area (Å²) in [5, 5.41) is 7.33. The van der Waals surface area contributed by atoms with Gasteiger partial charge >= 0.3 is 5.97 Å². The first kappa shape index (κ1) is 20.4. The number of hydrogen-bond donors (Lipinski definition) is 1. The molecule has 2 aromatic rings. The second-order valence-electron chi connectivity index (χ2n) is 6.87. The second kappa shape index (κ2) is 9.16. The van der Waals surface area contributed by atoms with Crippen molar-refractivity contribution in [1.29, 1.82) is 0 Å². The first-order valence-electron chi connectivity index (χ1n) is 9.05. The molecule has 27 heavy (non-hydrogen) atoms. The highest BCUT2D eigenvalue weighted by Gasteiger charge is 2.13. The standard InChI is InChI=1S/C21H27N3O3/c1-14(2)15(3)22-20(25)13-27-21(26)12-11-19-16(4)23-24(17(19)5)18-9-7-6-8-10-18/h6-12,14-15H,13H2,1-5H3,(H,22,25)/b12-11+. The lowest BCUT2D eigenvalue weighted by atomic mass is 10.1. The number of rotatable bonds is 7. The number of hydrogen-bond acceptors (Lipinski definition) is 4. The molecule has 1 aromatic heterocycles. The smallest absolute Gasteiger partial charge is 0.331 e. The van der Waals surface area contributed by atoms with Gasteiger partial charge in [-0.2, -0.15) is 5.10 Å². The lowest BCUT2D eigenvalue weighted by molar-refractivity contribution is -0.144. The van der Waals surface area contributed by atoms with Crippen LogP contribution in [0.2, 0.25) is 0 Å². The van der Waals surface area contributed by atoms with Crippen LogP contribution in [0, 0.1) is 19.8 Å². The number of aromatic nitrogens is 2. The molecule has 0 fully saturated rings. The van der Waals surface area contributed by atoms with Crippen LogP contribution < -0.4 is 5.32 Å². The molecule has 0 spiro atoms. The van der Waals surface area contributed by atoms with Crippen LogP contribution in [0.25, 0.3) is 11.8 Å². The van der Waals surface area contributed by atoms with Crippen molar-refractivity contribution in [3.63, 3.8) is 0 Å².